The molecule has 0 saturated carbocycles. The van der Waals surface area contributed by atoms with Crippen molar-refractivity contribution in [2.24, 2.45) is 0 Å². The normalized spacial score (nSPS) is 11.7. The quantitative estimate of drug-likeness (QED) is 0.863. The predicted octanol–water partition coefficient (Wildman–Crippen LogP) is 3.64. The molecule has 0 N–H and O–H groups in total. The molecule has 4 nitrogen and oxygen atoms in total. The van der Waals surface area contributed by atoms with Gasteiger partial charge in [0.15, 0.2) is 0 Å². The van der Waals surface area contributed by atoms with Gasteiger partial charge in [-0.15, -0.1) is 0 Å². The minimum atomic E-state index is -5.52. The molecule has 0 atom stereocenters. The second-order valence-corrected chi connectivity index (χ2v) is 6.04. The van der Waals surface area contributed by atoms with Crippen LogP contribution in [0, 0.1) is 11.3 Å². The maximum atomic E-state index is 12.7. The lowest BCUT2D eigenvalue weighted by atomic mass is 10.2. The standard InChI is InChI=1S/C14H8F3NO3S/c15-14(16,17)22(19,20)13-4-2-1-3-12(13)21-11-7-5-10(9-18)6-8-11/h1-8H. The summed E-state index contributed by atoms with van der Waals surface area (Å²) in [6.07, 6.45) is 0. The van der Waals surface area contributed by atoms with Gasteiger partial charge in [-0.3, -0.25) is 0 Å². The fraction of sp³-hybridized carbons (Fsp3) is 0.0714. The molecule has 0 fully saturated rings. The summed E-state index contributed by atoms with van der Waals surface area (Å²) in [5.74, 6) is -0.326. The van der Waals surface area contributed by atoms with E-state index in [4.69, 9.17) is 10.00 Å². The van der Waals surface area contributed by atoms with Crippen LogP contribution in [0.1, 0.15) is 5.56 Å². The second kappa shape index (κ2) is 5.69. The van der Waals surface area contributed by atoms with Crippen molar-refractivity contribution >= 4 is 9.84 Å². The fourth-order valence-electron chi connectivity index (χ4n) is 1.61. The molecule has 0 bridgehead atoms. The number of hydrogen-bond donors (Lipinski definition) is 0. The summed E-state index contributed by atoms with van der Waals surface area (Å²) in [6.45, 7) is 0. The first-order valence-electron chi connectivity index (χ1n) is 5.84. The molecule has 0 heterocycles. The zero-order valence-corrected chi connectivity index (χ0v) is 11.6. The Kier molecular flexibility index (Phi) is 4.10. The van der Waals surface area contributed by atoms with Crippen molar-refractivity contribution in [1.29, 1.82) is 5.26 Å². The van der Waals surface area contributed by atoms with Gasteiger partial charge < -0.3 is 4.74 Å². The molecular formula is C14H8F3NO3S. The van der Waals surface area contributed by atoms with Gasteiger partial charge in [-0.2, -0.15) is 18.4 Å². The van der Waals surface area contributed by atoms with E-state index in [0.717, 1.165) is 12.1 Å². The largest absolute Gasteiger partial charge is 0.502 e. The lowest BCUT2D eigenvalue weighted by Crippen LogP contribution is -2.23. The average Bonchev–Trinajstić information content (AvgIpc) is 2.47. The number of benzene rings is 2. The first kappa shape index (κ1) is 15.9. The number of para-hydroxylation sites is 1. The van der Waals surface area contributed by atoms with E-state index in [-0.39, 0.29) is 5.75 Å². The molecule has 0 aliphatic heterocycles. The maximum absolute atomic E-state index is 12.7. The lowest BCUT2D eigenvalue weighted by molar-refractivity contribution is -0.0436. The Bertz CT molecular complexity index is 822. The van der Waals surface area contributed by atoms with Crippen LogP contribution in [0.15, 0.2) is 53.4 Å². The number of nitriles is 1. The van der Waals surface area contributed by atoms with Crippen LogP contribution in [0.2, 0.25) is 0 Å². The van der Waals surface area contributed by atoms with E-state index in [1.165, 1.54) is 36.4 Å². The number of rotatable bonds is 3. The van der Waals surface area contributed by atoms with Gasteiger partial charge in [-0.25, -0.2) is 8.42 Å². The average molecular weight is 327 g/mol. The number of nitrogens with zero attached hydrogens (tertiary/aromatic N) is 1. The van der Waals surface area contributed by atoms with E-state index in [1.807, 2.05) is 6.07 Å². The molecular weight excluding hydrogens is 319 g/mol. The van der Waals surface area contributed by atoms with E-state index in [0.29, 0.717) is 5.56 Å². The Morgan fingerprint density at radius 3 is 2.14 bits per heavy atom. The third-order valence-electron chi connectivity index (χ3n) is 2.65. The zero-order chi connectivity index (χ0) is 16.4. The fourth-order valence-corrected chi connectivity index (χ4v) is 2.49. The van der Waals surface area contributed by atoms with Crippen LogP contribution in [0.3, 0.4) is 0 Å². The van der Waals surface area contributed by atoms with Crippen LogP contribution in [0.4, 0.5) is 13.2 Å². The summed E-state index contributed by atoms with van der Waals surface area (Å²) in [5.41, 5.74) is -5.08. The smallest absolute Gasteiger partial charge is 0.456 e. The molecule has 2 aromatic carbocycles. The molecule has 2 aromatic rings. The van der Waals surface area contributed by atoms with Gasteiger partial charge in [0.1, 0.15) is 16.4 Å². The van der Waals surface area contributed by atoms with E-state index < -0.39 is 26.0 Å². The number of hydrogen-bond acceptors (Lipinski definition) is 4. The van der Waals surface area contributed by atoms with Crippen LogP contribution in [-0.2, 0) is 9.84 Å². The first-order valence-corrected chi connectivity index (χ1v) is 7.32. The summed E-state index contributed by atoms with van der Waals surface area (Å²) >= 11 is 0. The number of halogens is 3. The van der Waals surface area contributed by atoms with E-state index >= 15 is 0 Å². The van der Waals surface area contributed by atoms with E-state index in [1.54, 1.807) is 0 Å². The van der Waals surface area contributed by atoms with Crippen molar-refractivity contribution in [2.45, 2.75) is 10.4 Å². The summed E-state index contributed by atoms with van der Waals surface area (Å²) in [6, 6.07) is 11.9. The molecule has 22 heavy (non-hydrogen) atoms. The van der Waals surface area contributed by atoms with E-state index in [2.05, 4.69) is 0 Å². The molecule has 2 rings (SSSR count). The molecule has 0 saturated heterocycles. The Morgan fingerprint density at radius 1 is 1.00 bits per heavy atom. The highest BCUT2D eigenvalue weighted by Gasteiger charge is 2.48. The van der Waals surface area contributed by atoms with Crippen LogP contribution < -0.4 is 4.74 Å². The highest BCUT2D eigenvalue weighted by atomic mass is 32.2. The summed E-state index contributed by atoms with van der Waals surface area (Å²) < 4.78 is 66.2. The Balaban J connectivity index is 2.43. The Labute approximate surface area is 124 Å². The molecule has 0 unspecified atom stereocenters. The topological polar surface area (TPSA) is 67.2 Å². The molecule has 0 spiro atoms. The molecule has 0 amide bonds. The Morgan fingerprint density at radius 2 is 1.59 bits per heavy atom. The third-order valence-corrected chi connectivity index (χ3v) is 4.18. The van der Waals surface area contributed by atoms with Gasteiger partial charge in [-0.05, 0) is 36.4 Å². The van der Waals surface area contributed by atoms with Crippen LogP contribution >= 0.6 is 0 Å². The van der Waals surface area contributed by atoms with Crippen LogP contribution in [-0.4, -0.2) is 13.9 Å². The summed E-state index contributed by atoms with van der Waals surface area (Å²) in [5, 5.41) is 8.66. The summed E-state index contributed by atoms with van der Waals surface area (Å²) in [7, 11) is -5.52. The Hall–Kier alpha value is -2.53. The van der Waals surface area contributed by atoms with Crippen molar-refractivity contribution in [2.75, 3.05) is 0 Å². The van der Waals surface area contributed by atoms with Gasteiger partial charge in [-0.1, -0.05) is 12.1 Å². The van der Waals surface area contributed by atoms with Gasteiger partial charge in [0, 0.05) is 0 Å². The van der Waals surface area contributed by atoms with Crippen LogP contribution in [0.25, 0.3) is 0 Å². The SMILES string of the molecule is N#Cc1ccc(Oc2ccccc2S(=O)(=O)C(F)(F)F)cc1. The molecule has 114 valence electrons. The van der Waals surface area contributed by atoms with Gasteiger partial charge in [0.25, 0.3) is 9.84 Å². The van der Waals surface area contributed by atoms with Crippen molar-refractivity contribution in [3.8, 4) is 17.6 Å². The molecule has 0 radical (unpaired) electrons. The highest BCUT2D eigenvalue weighted by Crippen LogP contribution is 2.37. The molecule has 0 aliphatic carbocycles. The van der Waals surface area contributed by atoms with Crippen LogP contribution in [0.5, 0.6) is 11.5 Å². The monoisotopic (exact) mass is 327 g/mol. The highest BCUT2D eigenvalue weighted by molar-refractivity contribution is 7.92. The van der Waals surface area contributed by atoms with Crippen molar-refractivity contribution in [3.05, 3.63) is 54.1 Å². The van der Waals surface area contributed by atoms with Crippen molar-refractivity contribution < 1.29 is 26.3 Å². The number of ether oxygens (including phenoxy) is 1. The first-order chi connectivity index (χ1) is 10.3. The van der Waals surface area contributed by atoms with Gasteiger partial charge in [0.05, 0.1) is 11.6 Å². The second-order valence-electron chi connectivity index (χ2n) is 4.13. The van der Waals surface area contributed by atoms with Gasteiger partial charge in [0.2, 0.25) is 0 Å². The van der Waals surface area contributed by atoms with Crippen molar-refractivity contribution in [3.63, 3.8) is 0 Å². The summed E-state index contributed by atoms with van der Waals surface area (Å²) in [4.78, 5) is -0.966. The zero-order valence-electron chi connectivity index (χ0n) is 10.8. The lowest BCUT2D eigenvalue weighted by Gasteiger charge is -2.13. The molecule has 0 aromatic heterocycles. The van der Waals surface area contributed by atoms with Crippen molar-refractivity contribution in [1.82, 2.24) is 0 Å². The maximum Gasteiger partial charge on any atom is 0.502 e. The molecule has 0 aliphatic rings. The number of sulfone groups is 1. The predicted molar refractivity (Wildman–Crippen MR) is 70.9 cm³/mol. The minimum Gasteiger partial charge on any atom is -0.456 e. The third kappa shape index (κ3) is 3.04. The van der Waals surface area contributed by atoms with E-state index in [9.17, 15) is 21.6 Å². The minimum absolute atomic E-state index is 0.115. The molecule has 8 heteroatoms. The number of alkyl halides is 3. The van der Waals surface area contributed by atoms with Gasteiger partial charge >= 0.3 is 5.51 Å².